The van der Waals surface area contributed by atoms with Crippen molar-refractivity contribution in [3.05, 3.63) is 24.8 Å². The second-order valence-electron chi connectivity index (χ2n) is 9.56. The maximum Gasteiger partial charge on any atom is 0.335 e. The minimum atomic E-state index is -5.08. The van der Waals surface area contributed by atoms with E-state index in [1.54, 1.807) is 0 Å². The van der Waals surface area contributed by atoms with Crippen molar-refractivity contribution in [1.29, 1.82) is 0 Å². The van der Waals surface area contributed by atoms with Gasteiger partial charge in [-0.05, 0) is 39.0 Å². The molecule has 39 heavy (non-hydrogen) atoms. The van der Waals surface area contributed by atoms with E-state index in [1.807, 2.05) is 0 Å². The molecule has 0 rings (SSSR count). The van der Waals surface area contributed by atoms with E-state index in [0.29, 0.717) is 6.42 Å². The first-order chi connectivity index (χ1) is 18.5. The van der Waals surface area contributed by atoms with Crippen LogP contribution in [-0.4, -0.2) is 60.2 Å². The molecule has 0 fully saturated rings. The average Bonchev–Trinajstić information content (AvgIpc) is 2.86. The summed E-state index contributed by atoms with van der Waals surface area (Å²) in [6.45, 7) is 6.82. The molecule has 0 radical (unpaired) electrons. The van der Waals surface area contributed by atoms with E-state index in [0.717, 1.165) is 38.5 Å². The molecule has 0 aromatic rings. The van der Waals surface area contributed by atoms with E-state index in [2.05, 4.69) is 30.4 Å². The molecule has 0 aliphatic rings. The first-order valence-corrected chi connectivity index (χ1v) is 15.5. The van der Waals surface area contributed by atoms with Crippen LogP contribution in [0.5, 0.6) is 0 Å². The molecule has 10 nitrogen and oxygen atoms in total. The predicted octanol–water partition coefficient (Wildman–Crippen LogP) is 5.19. The van der Waals surface area contributed by atoms with Crippen molar-refractivity contribution in [1.82, 2.24) is 0 Å². The van der Waals surface area contributed by atoms with Crippen molar-refractivity contribution in [2.24, 2.45) is 0 Å². The van der Waals surface area contributed by atoms with Crippen LogP contribution in [0.15, 0.2) is 24.8 Å². The Morgan fingerprint density at radius 1 is 0.872 bits per heavy atom. The van der Waals surface area contributed by atoms with Gasteiger partial charge < -0.3 is 19.3 Å². The molecule has 3 unspecified atom stereocenters. The lowest BCUT2D eigenvalue weighted by molar-refractivity contribution is -0.198. The zero-order valence-electron chi connectivity index (χ0n) is 23.6. The van der Waals surface area contributed by atoms with Crippen LogP contribution in [0.3, 0.4) is 0 Å². The molecule has 0 saturated carbocycles. The van der Waals surface area contributed by atoms with E-state index in [4.69, 9.17) is 9.47 Å². The number of ether oxygens (including phenoxy) is 3. The molecule has 0 heterocycles. The number of aliphatic hydroxyl groups excluding tert-OH is 1. The maximum atomic E-state index is 12.2. The number of rotatable bonds is 24. The van der Waals surface area contributed by atoms with Gasteiger partial charge >= 0.3 is 17.9 Å². The van der Waals surface area contributed by atoms with E-state index in [1.165, 1.54) is 51.5 Å². The predicted molar refractivity (Wildman–Crippen MR) is 148 cm³/mol. The standard InChI is InChI=1S/C28H48O10S/c1-4-6-7-8-9-10-11-12-13-14-15-16-17-18-19-20-25(30)37-27(32)24(39(33,34)35)22-26(31)38-28(23(3)29)36-21-5-2/h5,12-13,23-24,28-29H,2,4,6-11,14-22H2,1,3H3,(H,33,34,35)/b13-12-. The highest BCUT2D eigenvalue weighted by molar-refractivity contribution is 7.87. The summed E-state index contributed by atoms with van der Waals surface area (Å²) >= 11 is 0. The van der Waals surface area contributed by atoms with E-state index in [-0.39, 0.29) is 13.0 Å². The fraction of sp³-hybridized carbons (Fsp3) is 0.750. The van der Waals surface area contributed by atoms with Gasteiger partial charge in [0, 0.05) is 6.42 Å². The SMILES string of the molecule is C=CCOC(OC(=O)CC(C(=O)OC(=O)CCCCCCC/C=C\CCCCCCCC)S(=O)(=O)O)C(C)O. The Morgan fingerprint density at radius 2 is 1.41 bits per heavy atom. The highest BCUT2D eigenvalue weighted by Gasteiger charge is 2.37. The molecule has 0 aromatic carbocycles. The molecule has 0 amide bonds. The third-order valence-corrected chi connectivity index (χ3v) is 6.93. The normalized spacial score (nSPS) is 14.1. The molecule has 0 aliphatic carbocycles. The van der Waals surface area contributed by atoms with Gasteiger partial charge in [-0.15, -0.1) is 6.58 Å². The molecular formula is C28H48O10S. The number of carbonyl (C=O) groups is 3. The van der Waals surface area contributed by atoms with Crippen molar-refractivity contribution in [3.8, 4) is 0 Å². The van der Waals surface area contributed by atoms with Gasteiger partial charge in [0.15, 0.2) is 5.25 Å². The number of carbonyl (C=O) groups excluding carboxylic acids is 3. The van der Waals surface area contributed by atoms with Gasteiger partial charge in [-0.3, -0.25) is 18.9 Å². The Kier molecular flexibility index (Phi) is 21.5. The largest absolute Gasteiger partial charge is 0.433 e. The average molecular weight is 577 g/mol. The van der Waals surface area contributed by atoms with E-state index >= 15 is 0 Å². The Balaban J connectivity index is 4.24. The molecule has 11 heteroatoms. The molecule has 0 bridgehead atoms. The van der Waals surface area contributed by atoms with Gasteiger partial charge in [0.2, 0.25) is 6.29 Å². The van der Waals surface area contributed by atoms with E-state index in [9.17, 15) is 32.5 Å². The highest BCUT2D eigenvalue weighted by Crippen LogP contribution is 2.14. The molecule has 2 N–H and O–H groups in total. The van der Waals surface area contributed by atoms with Crippen molar-refractivity contribution in [3.63, 3.8) is 0 Å². The topological polar surface area (TPSA) is 153 Å². The minimum Gasteiger partial charge on any atom is -0.433 e. The quantitative estimate of drug-likeness (QED) is 0.0392. The summed E-state index contributed by atoms with van der Waals surface area (Å²) in [5, 5.41) is 7.25. The molecular weight excluding hydrogens is 528 g/mol. The van der Waals surface area contributed by atoms with E-state index < -0.39 is 52.1 Å². The zero-order valence-corrected chi connectivity index (χ0v) is 24.4. The van der Waals surface area contributed by atoms with Crippen molar-refractivity contribution >= 4 is 28.0 Å². The summed E-state index contributed by atoms with van der Waals surface area (Å²) < 4.78 is 47.0. The zero-order chi connectivity index (χ0) is 29.5. The summed E-state index contributed by atoms with van der Waals surface area (Å²) in [4.78, 5) is 36.3. The van der Waals surface area contributed by atoms with Gasteiger partial charge in [0.25, 0.3) is 10.1 Å². The Labute approximate surface area is 233 Å². The van der Waals surface area contributed by atoms with Crippen LogP contribution in [-0.2, 0) is 38.7 Å². The van der Waals surface area contributed by atoms with Gasteiger partial charge in [0.05, 0.1) is 13.0 Å². The molecule has 3 atom stereocenters. The first kappa shape index (κ1) is 36.9. The lowest BCUT2D eigenvalue weighted by Gasteiger charge is -2.21. The lowest BCUT2D eigenvalue weighted by atomic mass is 10.1. The molecule has 0 saturated heterocycles. The summed E-state index contributed by atoms with van der Waals surface area (Å²) in [5.74, 6) is -3.78. The van der Waals surface area contributed by atoms with Crippen molar-refractivity contribution < 1.29 is 46.7 Å². The van der Waals surface area contributed by atoms with Crippen molar-refractivity contribution in [2.45, 2.75) is 128 Å². The maximum absolute atomic E-state index is 12.2. The summed E-state index contributed by atoms with van der Waals surface area (Å²) in [6, 6.07) is 0. The van der Waals surface area contributed by atoms with Crippen LogP contribution < -0.4 is 0 Å². The molecule has 0 aliphatic heterocycles. The van der Waals surface area contributed by atoms with Gasteiger partial charge in [0.1, 0.15) is 6.10 Å². The minimum absolute atomic E-state index is 0.0720. The Morgan fingerprint density at radius 3 is 1.92 bits per heavy atom. The second kappa shape index (κ2) is 22.7. The third kappa shape index (κ3) is 20.5. The number of aliphatic hydroxyl groups is 1. The van der Waals surface area contributed by atoms with Crippen molar-refractivity contribution in [2.75, 3.05) is 6.61 Å². The lowest BCUT2D eigenvalue weighted by Crippen LogP contribution is -2.38. The van der Waals surface area contributed by atoms with Crippen LogP contribution in [0.2, 0.25) is 0 Å². The van der Waals surface area contributed by atoms with Gasteiger partial charge in [-0.1, -0.05) is 76.5 Å². The monoisotopic (exact) mass is 576 g/mol. The summed E-state index contributed by atoms with van der Waals surface area (Å²) in [5.41, 5.74) is 0. The highest BCUT2D eigenvalue weighted by atomic mass is 32.2. The van der Waals surface area contributed by atoms with Gasteiger partial charge in [-0.2, -0.15) is 8.42 Å². The van der Waals surface area contributed by atoms with Crippen LogP contribution in [0.4, 0.5) is 0 Å². The van der Waals surface area contributed by atoms with Crippen LogP contribution in [0.25, 0.3) is 0 Å². The van der Waals surface area contributed by atoms with Gasteiger partial charge in [-0.25, -0.2) is 0 Å². The smallest absolute Gasteiger partial charge is 0.335 e. The Bertz CT molecular complexity index is 835. The molecule has 0 spiro atoms. The number of allylic oxidation sites excluding steroid dienone is 2. The summed E-state index contributed by atoms with van der Waals surface area (Å²) in [6.07, 6.45) is 15.9. The second-order valence-corrected chi connectivity index (χ2v) is 11.2. The summed E-state index contributed by atoms with van der Waals surface area (Å²) in [7, 11) is -5.08. The number of esters is 3. The van der Waals surface area contributed by atoms with Crippen LogP contribution in [0, 0.1) is 0 Å². The third-order valence-electron chi connectivity index (χ3n) is 5.85. The number of hydrogen-bond acceptors (Lipinski definition) is 9. The number of hydrogen-bond donors (Lipinski definition) is 2. The number of unbranched alkanes of at least 4 members (excludes halogenated alkanes) is 11. The molecule has 0 aromatic heterocycles. The van der Waals surface area contributed by atoms with Crippen LogP contribution >= 0.6 is 0 Å². The fourth-order valence-corrected chi connectivity index (χ4v) is 4.28. The fourth-order valence-electron chi connectivity index (χ4n) is 3.64. The Hall–Kier alpha value is -2.08. The molecule has 226 valence electrons. The van der Waals surface area contributed by atoms with Crippen LogP contribution in [0.1, 0.15) is 110 Å². The first-order valence-electron chi connectivity index (χ1n) is 14.0.